The summed E-state index contributed by atoms with van der Waals surface area (Å²) in [4.78, 5) is 12.3. The lowest BCUT2D eigenvalue weighted by Crippen LogP contribution is -2.45. The second kappa shape index (κ2) is 48.8. The van der Waals surface area contributed by atoms with E-state index >= 15 is 0 Å². The van der Waals surface area contributed by atoms with Gasteiger partial charge in [0.05, 0.1) is 18.8 Å². The SMILES string of the molecule is CCCCCCCCCCCCCCCCCCCCCCCCCCCCCCCCCCCCCCCC(=O)NC(CO)C(O)CCCCCCCCC. The zero-order valence-electron chi connectivity index (χ0n) is 38.7. The minimum atomic E-state index is -0.651. The van der Waals surface area contributed by atoms with Crippen molar-refractivity contribution in [2.45, 2.75) is 321 Å². The molecule has 0 saturated carbocycles. The Morgan fingerprint density at radius 3 is 0.804 bits per heavy atom. The molecule has 0 spiro atoms. The van der Waals surface area contributed by atoms with Gasteiger partial charge in [-0.2, -0.15) is 0 Å². The van der Waals surface area contributed by atoms with Gasteiger partial charge in [0.15, 0.2) is 0 Å². The molecule has 4 nitrogen and oxygen atoms in total. The van der Waals surface area contributed by atoms with E-state index in [1.807, 2.05) is 0 Å². The summed E-state index contributed by atoms with van der Waals surface area (Å²) in [6, 6.07) is -0.527. The maximum absolute atomic E-state index is 12.3. The summed E-state index contributed by atoms with van der Waals surface area (Å²) in [6.45, 7) is 4.34. The highest BCUT2D eigenvalue weighted by atomic mass is 16.3. The highest BCUT2D eigenvalue weighted by molar-refractivity contribution is 5.76. The molecule has 0 heterocycles. The van der Waals surface area contributed by atoms with Gasteiger partial charge in [-0.3, -0.25) is 4.79 Å². The Kier molecular flexibility index (Phi) is 48.2. The molecule has 2 unspecified atom stereocenters. The fourth-order valence-corrected chi connectivity index (χ4v) is 8.60. The standard InChI is InChI=1S/C52H105NO3/c1-3-5-7-9-11-12-13-14-15-16-17-18-19-20-21-22-23-24-25-26-27-28-29-30-31-32-33-34-35-36-37-38-39-40-42-44-46-48-52(56)53-50(49-54)51(55)47-45-43-41-10-8-6-4-2/h50-51,54-55H,3-49H2,1-2H3,(H,53,56). The van der Waals surface area contributed by atoms with Crippen molar-refractivity contribution in [2.24, 2.45) is 0 Å². The molecule has 0 fully saturated rings. The van der Waals surface area contributed by atoms with Crippen LogP contribution in [0.25, 0.3) is 0 Å². The van der Waals surface area contributed by atoms with Crippen LogP contribution >= 0.6 is 0 Å². The lowest BCUT2D eigenvalue weighted by molar-refractivity contribution is -0.123. The Hall–Kier alpha value is -0.610. The van der Waals surface area contributed by atoms with Gasteiger partial charge in [-0.05, 0) is 12.8 Å². The summed E-state index contributed by atoms with van der Waals surface area (Å²) in [6.07, 6.45) is 61.2. The van der Waals surface area contributed by atoms with Gasteiger partial charge in [0, 0.05) is 6.42 Å². The van der Waals surface area contributed by atoms with Crippen LogP contribution in [-0.4, -0.2) is 34.9 Å². The molecular formula is C52H105NO3. The van der Waals surface area contributed by atoms with Gasteiger partial charge in [-0.25, -0.2) is 0 Å². The van der Waals surface area contributed by atoms with E-state index in [1.165, 1.54) is 257 Å². The van der Waals surface area contributed by atoms with E-state index in [0.717, 1.165) is 25.7 Å². The largest absolute Gasteiger partial charge is 0.394 e. The number of aliphatic hydroxyl groups is 2. The van der Waals surface area contributed by atoms with Crippen molar-refractivity contribution in [1.82, 2.24) is 5.32 Å². The Balaban J connectivity index is 3.26. The zero-order chi connectivity index (χ0) is 40.7. The number of carbonyl (C=O) groups excluding carboxylic acids is 1. The van der Waals surface area contributed by atoms with E-state index in [-0.39, 0.29) is 12.5 Å². The van der Waals surface area contributed by atoms with Crippen LogP contribution in [0.3, 0.4) is 0 Å². The molecule has 0 bridgehead atoms. The van der Waals surface area contributed by atoms with Crippen molar-refractivity contribution in [2.75, 3.05) is 6.61 Å². The third kappa shape index (κ3) is 44.5. The number of carbonyl (C=O) groups is 1. The predicted octanol–water partition coefficient (Wildman–Crippen LogP) is 16.8. The fraction of sp³-hybridized carbons (Fsp3) is 0.981. The van der Waals surface area contributed by atoms with E-state index in [2.05, 4.69) is 19.2 Å². The molecule has 0 aliphatic heterocycles. The summed E-state index contributed by atoms with van der Waals surface area (Å²) in [7, 11) is 0. The number of aliphatic hydroxyl groups excluding tert-OH is 2. The number of nitrogens with one attached hydrogen (secondary N) is 1. The molecule has 0 aromatic carbocycles. The van der Waals surface area contributed by atoms with Gasteiger partial charge in [-0.1, -0.05) is 290 Å². The number of hydrogen-bond acceptors (Lipinski definition) is 3. The monoisotopic (exact) mass is 792 g/mol. The molecule has 4 heteroatoms. The van der Waals surface area contributed by atoms with Crippen LogP contribution in [0.1, 0.15) is 309 Å². The summed E-state index contributed by atoms with van der Waals surface area (Å²) < 4.78 is 0. The smallest absolute Gasteiger partial charge is 0.220 e. The van der Waals surface area contributed by atoms with Crippen LogP contribution < -0.4 is 5.32 Å². The van der Waals surface area contributed by atoms with E-state index < -0.39 is 12.1 Å². The molecule has 0 aliphatic rings. The van der Waals surface area contributed by atoms with E-state index in [1.54, 1.807) is 0 Å². The average molecular weight is 792 g/mol. The van der Waals surface area contributed by atoms with E-state index in [9.17, 15) is 15.0 Å². The Labute approximate surface area is 353 Å². The van der Waals surface area contributed by atoms with E-state index in [0.29, 0.717) is 12.8 Å². The van der Waals surface area contributed by atoms with Crippen molar-refractivity contribution in [1.29, 1.82) is 0 Å². The molecule has 2 atom stereocenters. The molecule has 0 aromatic heterocycles. The lowest BCUT2D eigenvalue weighted by atomic mass is 10.0. The quantitative estimate of drug-likeness (QED) is 0.0538. The lowest BCUT2D eigenvalue weighted by Gasteiger charge is -2.22. The Morgan fingerprint density at radius 1 is 0.357 bits per heavy atom. The summed E-state index contributed by atoms with van der Waals surface area (Å²) in [5, 5.41) is 23.0. The molecule has 3 N–H and O–H groups in total. The summed E-state index contributed by atoms with van der Waals surface area (Å²) in [5.74, 6) is -0.0287. The van der Waals surface area contributed by atoms with Crippen molar-refractivity contribution in [3.8, 4) is 0 Å². The maximum Gasteiger partial charge on any atom is 0.220 e. The first-order valence-electron chi connectivity index (χ1n) is 26.2. The van der Waals surface area contributed by atoms with Crippen LogP contribution in [0.2, 0.25) is 0 Å². The average Bonchev–Trinajstić information content (AvgIpc) is 3.20. The molecule has 56 heavy (non-hydrogen) atoms. The summed E-state index contributed by atoms with van der Waals surface area (Å²) >= 11 is 0. The van der Waals surface area contributed by atoms with Gasteiger partial charge in [0.25, 0.3) is 0 Å². The van der Waals surface area contributed by atoms with Crippen LogP contribution in [0.15, 0.2) is 0 Å². The van der Waals surface area contributed by atoms with Crippen molar-refractivity contribution in [3.63, 3.8) is 0 Å². The Bertz CT molecular complexity index is 729. The highest BCUT2D eigenvalue weighted by Gasteiger charge is 2.20. The van der Waals surface area contributed by atoms with Crippen molar-refractivity contribution < 1.29 is 15.0 Å². The van der Waals surface area contributed by atoms with Crippen LogP contribution in [0.5, 0.6) is 0 Å². The van der Waals surface area contributed by atoms with Gasteiger partial charge < -0.3 is 15.5 Å². The minimum Gasteiger partial charge on any atom is -0.394 e. The highest BCUT2D eigenvalue weighted by Crippen LogP contribution is 2.18. The third-order valence-electron chi connectivity index (χ3n) is 12.6. The van der Waals surface area contributed by atoms with Crippen molar-refractivity contribution in [3.05, 3.63) is 0 Å². The molecule has 0 aromatic rings. The van der Waals surface area contributed by atoms with Crippen molar-refractivity contribution >= 4 is 5.91 Å². The van der Waals surface area contributed by atoms with Gasteiger partial charge in [-0.15, -0.1) is 0 Å². The fourth-order valence-electron chi connectivity index (χ4n) is 8.60. The molecule has 0 rings (SSSR count). The first kappa shape index (κ1) is 55.4. The van der Waals surface area contributed by atoms with Gasteiger partial charge in [0.1, 0.15) is 0 Å². The number of unbranched alkanes of at least 4 members (excludes halogenated alkanes) is 42. The van der Waals surface area contributed by atoms with Crippen LogP contribution in [0.4, 0.5) is 0 Å². The second-order valence-electron chi connectivity index (χ2n) is 18.3. The number of hydrogen-bond donors (Lipinski definition) is 3. The van der Waals surface area contributed by atoms with Gasteiger partial charge >= 0.3 is 0 Å². The normalized spacial score (nSPS) is 12.7. The minimum absolute atomic E-state index is 0.0287. The van der Waals surface area contributed by atoms with Crippen LogP contribution in [-0.2, 0) is 4.79 Å². The van der Waals surface area contributed by atoms with E-state index in [4.69, 9.17) is 0 Å². The number of rotatable bonds is 49. The zero-order valence-corrected chi connectivity index (χ0v) is 38.7. The molecule has 0 radical (unpaired) electrons. The Morgan fingerprint density at radius 2 is 0.571 bits per heavy atom. The first-order valence-corrected chi connectivity index (χ1v) is 26.2. The second-order valence-corrected chi connectivity index (χ2v) is 18.3. The number of amides is 1. The third-order valence-corrected chi connectivity index (χ3v) is 12.6. The predicted molar refractivity (Wildman–Crippen MR) is 249 cm³/mol. The molecule has 1 amide bonds. The topological polar surface area (TPSA) is 69.6 Å². The molecule has 336 valence electrons. The summed E-state index contributed by atoms with van der Waals surface area (Å²) in [5.41, 5.74) is 0. The maximum atomic E-state index is 12.3. The van der Waals surface area contributed by atoms with Gasteiger partial charge in [0.2, 0.25) is 5.91 Å². The molecule has 0 aliphatic carbocycles. The first-order chi connectivity index (χ1) is 27.7. The molecular weight excluding hydrogens is 687 g/mol. The van der Waals surface area contributed by atoms with Crippen LogP contribution in [0, 0.1) is 0 Å². The molecule has 0 saturated heterocycles.